The fraction of sp³-hybridized carbons (Fsp3) is 0. The maximum Gasteiger partial charge on any atom is 0.467 e. The Bertz CT molecular complexity index is 3500. The molecule has 9 aromatic carbocycles. The lowest BCUT2D eigenvalue weighted by molar-refractivity contribution is 0.308. The molecular formula is C54H36B3N3O3. The predicted octanol–water partition coefficient (Wildman–Crippen LogP) is 10.5. The van der Waals surface area contributed by atoms with Crippen molar-refractivity contribution in [2.24, 2.45) is 0 Å². The highest BCUT2D eigenvalue weighted by atomic mass is 16.7. The summed E-state index contributed by atoms with van der Waals surface area (Å²) in [4.78, 5) is 0. The Morgan fingerprint density at radius 2 is 0.556 bits per heavy atom. The third kappa shape index (κ3) is 5.82. The van der Waals surface area contributed by atoms with Gasteiger partial charge in [-0.15, -0.1) is 0 Å². The van der Waals surface area contributed by atoms with Gasteiger partial charge in [0.2, 0.25) is 0 Å². The van der Waals surface area contributed by atoms with E-state index in [4.69, 9.17) is 13.7 Å². The van der Waals surface area contributed by atoms with E-state index in [2.05, 4.69) is 232 Å². The van der Waals surface area contributed by atoms with E-state index in [0.29, 0.717) is 0 Å². The Morgan fingerprint density at radius 3 is 0.968 bits per heavy atom. The first-order valence-electron chi connectivity index (χ1n) is 21.5. The van der Waals surface area contributed by atoms with Crippen LogP contribution in [-0.2, 0) is 13.7 Å². The maximum atomic E-state index is 7.00. The molecule has 294 valence electrons. The van der Waals surface area contributed by atoms with Crippen molar-refractivity contribution in [3.8, 4) is 17.1 Å². The van der Waals surface area contributed by atoms with Crippen LogP contribution in [0.1, 0.15) is 0 Å². The van der Waals surface area contributed by atoms with Gasteiger partial charge >= 0.3 is 21.4 Å². The lowest BCUT2D eigenvalue weighted by Gasteiger charge is -2.32. The topological polar surface area (TPSA) is 42.5 Å². The van der Waals surface area contributed by atoms with Crippen LogP contribution in [0.5, 0.6) is 0 Å². The third-order valence-electron chi connectivity index (χ3n) is 12.7. The average Bonchev–Trinajstić information content (AvgIpc) is 4.00. The van der Waals surface area contributed by atoms with Crippen molar-refractivity contribution in [1.29, 1.82) is 0 Å². The van der Waals surface area contributed by atoms with Crippen LogP contribution in [-0.4, -0.2) is 35.1 Å². The number of para-hydroxylation sites is 6. The van der Waals surface area contributed by atoms with Gasteiger partial charge in [0.05, 0.1) is 33.1 Å². The highest BCUT2D eigenvalue weighted by molar-refractivity contribution is 6.87. The average molecular weight is 807 g/mol. The van der Waals surface area contributed by atoms with E-state index in [0.717, 1.165) is 77.3 Å². The van der Waals surface area contributed by atoms with Crippen molar-refractivity contribution in [2.75, 3.05) is 0 Å². The van der Waals surface area contributed by atoms with Crippen molar-refractivity contribution >= 4 is 103 Å². The van der Waals surface area contributed by atoms with Gasteiger partial charge in [-0.3, -0.25) is 0 Å². The van der Waals surface area contributed by atoms with Gasteiger partial charge in [-0.1, -0.05) is 146 Å². The first kappa shape index (κ1) is 36.1. The molecule has 0 amide bonds. The summed E-state index contributed by atoms with van der Waals surface area (Å²) < 4.78 is 28.0. The van der Waals surface area contributed by atoms with E-state index in [1.54, 1.807) is 0 Å². The minimum Gasteiger partial charge on any atom is -0.445 e. The van der Waals surface area contributed by atoms with Crippen LogP contribution in [0.4, 0.5) is 0 Å². The van der Waals surface area contributed by atoms with E-state index < -0.39 is 21.4 Å². The van der Waals surface area contributed by atoms with Crippen LogP contribution in [0.15, 0.2) is 218 Å². The number of hydrogen-bond donors (Lipinski definition) is 0. The number of nitrogens with zero attached hydrogens (tertiary/aromatic N) is 3. The number of benzene rings is 9. The van der Waals surface area contributed by atoms with Gasteiger partial charge < -0.3 is 27.4 Å². The van der Waals surface area contributed by atoms with Crippen molar-refractivity contribution in [2.45, 2.75) is 0 Å². The summed E-state index contributed by atoms with van der Waals surface area (Å²) in [5.74, 6) is 0. The molecule has 12 aromatic rings. The van der Waals surface area contributed by atoms with Crippen LogP contribution >= 0.6 is 0 Å². The number of rotatable bonds is 6. The van der Waals surface area contributed by atoms with Gasteiger partial charge in [-0.05, 0) is 89.2 Å². The van der Waals surface area contributed by atoms with Crippen LogP contribution in [0.3, 0.4) is 0 Å². The largest absolute Gasteiger partial charge is 0.467 e. The first-order valence-corrected chi connectivity index (χ1v) is 21.5. The molecule has 0 N–H and O–H groups in total. The molecule has 0 unspecified atom stereocenters. The quantitative estimate of drug-likeness (QED) is 0.157. The molecule has 1 aliphatic rings. The molecule has 1 aliphatic heterocycles. The zero-order chi connectivity index (χ0) is 41.4. The van der Waals surface area contributed by atoms with Gasteiger partial charge in [0, 0.05) is 49.4 Å². The smallest absolute Gasteiger partial charge is 0.445 e. The Labute approximate surface area is 364 Å². The second-order valence-corrected chi connectivity index (χ2v) is 16.3. The summed E-state index contributed by atoms with van der Waals surface area (Å²) >= 11 is 0. The molecule has 0 saturated carbocycles. The Hall–Kier alpha value is -7.55. The lowest BCUT2D eigenvalue weighted by atomic mass is 9.61. The van der Waals surface area contributed by atoms with Crippen LogP contribution < -0.4 is 16.4 Å². The van der Waals surface area contributed by atoms with Gasteiger partial charge in [0.25, 0.3) is 0 Å². The monoisotopic (exact) mass is 807 g/mol. The zero-order valence-electron chi connectivity index (χ0n) is 34.1. The van der Waals surface area contributed by atoms with Gasteiger partial charge in [-0.2, -0.15) is 0 Å². The Balaban J connectivity index is 0.973. The molecule has 0 atom stereocenters. The van der Waals surface area contributed by atoms with E-state index >= 15 is 0 Å². The predicted molar refractivity (Wildman–Crippen MR) is 262 cm³/mol. The van der Waals surface area contributed by atoms with Crippen LogP contribution in [0.2, 0.25) is 0 Å². The van der Waals surface area contributed by atoms with E-state index in [1.807, 2.05) is 0 Å². The van der Waals surface area contributed by atoms with Crippen molar-refractivity contribution in [3.63, 3.8) is 0 Å². The highest BCUT2D eigenvalue weighted by Crippen LogP contribution is 2.35. The molecule has 1 fully saturated rings. The minimum absolute atomic E-state index is 0.756. The molecule has 0 spiro atoms. The summed E-state index contributed by atoms with van der Waals surface area (Å²) in [5.41, 5.74) is 12.6. The highest BCUT2D eigenvalue weighted by Gasteiger charge is 2.44. The molecule has 63 heavy (non-hydrogen) atoms. The van der Waals surface area contributed by atoms with Crippen LogP contribution in [0.25, 0.3) is 82.5 Å². The Kier molecular flexibility index (Phi) is 8.34. The third-order valence-corrected chi connectivity index (χ3v) is 12.7. The standard InChI is InChI=1S/C54H36B3N3O3/c1-3-17-40(18-4-1)58-49-26-11-9-24-45(49)47-32-30-38(35-53(47)58)56-61-55(37-16-15-21-42(34-37)60-51-28-13-7-22-43(51)44-23-8-14-29-52(44)60)62-57(63-56)39-31-33-48-46-25-10-12-27-50(46)59(54(48)36-39)41-19-5-2-6-20-41/h1-36H. The van der Waals surface area contributed by atoms with Crippen molar-refractivity contribution in [3.05, 3.63) is 218 Å². The lowest BCUT2D eigenvalue weighted by Crippen LogP contribution is -2.61. The zero-order valence-corrected chi connectivity index (χ0v) is 34.1. The summed E-state index contributed by atoms with van der Waals surface area (Å²) in [6.07, 6.45) is 0. The number of fused-ring (bicyclic) bond motifs is 9. The van der Waals surface area contributed by atoms with Crippen LogP contribution in [0, 0.1) is 0 Å². The first-order chi connectivity index (χ1) is 31.2. The number of aromatic nitrogens is 3. The second-order valence-electron chi connectivity index (χ2n) is 16.3. The number of hydrogen-bond acceptors (Lipinski definition) is 3. The molecule has 3 aromatic heterocycles. The van der Waals surface area contributed by atoms with Crippen molar-refractivity contribution < 1.29 is 13.7 Å². The van der Waals surface area contributed by atoms with Crippen molar-refractivity contribution in [1.82, 2.24) is 13.7 Å². The molecule has 0 bridgehead atoms. The van der Waals surface area contributed by atoms with E-state index in [1.165, 1.54) is 21.5 Å². The summed E-state index contributed by atoms with van der Waals surface area (Å²) in [6, 6.07) is 77.0. The fourth-order valence-corrected chi connectivity index (χ4v) is 9.89. The van der Waals surface area contributed by atoms with Gasteiger partial charge in [-0.25, -0.2) is 0 Å². The molecule has 0 aliphatic carbocycles. The van der Waals surface area contributed by atoms with E-state index in [9.17, 15) is 0 Å². The summed E-state index contributed by atoms with van der Waals surface area (Å²) in [5, 5.41) is 7.13. The molecule has 0 radical (unpaired) electrons. The second kappa shape index (κ2) is 14.5. The summed E-state index contributed by atoms with van der Waals surface area (Å²) in [6.45, 7) is 0. The Morgan fingerprint density at radius 1 is 0.238 bits per heavy atom. The van der Waals surface area contributed by atoms with Gasteiger partial charge in [0.1, 0.15) is 0 Å². The molecular weight excluding hydrogens is 771 g/mol. The summed E-state index contributed by atoms with van der Waals surface area (Å²) in [7, 11) is -2.27. The molecule has 6 nitrogen and oxygen atoms in total. The molecule has 1 saturated heterocycles. The molecule has 4 heterocycles. The normalized spacial score (nSPS) is 13.4. The van der Waals surface area contributed by atoms with E-state index in [-0.39, 0.29) is 0 Å². The maximum absolute atomic E-state index is 7.00. The fourth-order valence-electron chi connectivity index (χ4n) is 9.89. The molecule has 9 heteroatoms. The minimum atomic E-state index is -0.757. The van der Waals surface area contributed by atoms with Gasteiger partial charge in [0.15, 0.2) is 0 Å². The molecule has 13 rings (SSSR count). The SMILES string of the molecule is c1ccc(-n2c3ccccc3c3ccc(B4OB(c5cccc(-n6c7ccccc7c7ccccc76)c5)OB(c5ccc6c7ccccc7n(-c7ccccc7)c6c5)O4)cc32)cc1.